The van der Waals surface area contributed by atoms with Crippen LogP contribution in [0.5, 0.6) is 0 Å². The first-order valence-corrected chi connectivity index (χ1v) is 13.3. The van der Waals surface area contributed by atoms with Gasteiger partial charge in [-0.1, -0.05) is 41.9 Å². The minimum absolute atomic E-state index is 0.0805. The Kier molecular flexibility index (Phi) is 6.02. The van der Waals surface area contributed by atoms with E-state index in [1.54, 1.807) is 57.2 Å². The lowest BCUT2D eigenvalue weighted by molar-refractivity contribution is 0.0785. The van der Waals surface area contributed by atoms with E-state index in [1.165, 1.54) is 16.7 Å². The Morgan fingerprint density at radius 3 is 2.49 bits per heavy atom. The zero-order valence-electron chi connectivity index (χ0n) is 22.5. The van der Waals surface area contributed by atoms with Crippen LogP contribution in [0.3, 0.4) is 0 Å². The molecule has 0 bridgehead atoms. The van der Waals surface area contributed by atoms with Crippen LogP contribution in [-0.2, 0) is 12.0 Å². The van der Waals surface area contributed by atoms with Gasteiger partial charge in [0.25, 0.3) is 5.56 Å². The second-order valence-corrected chi connectivity index (χ2v) is 11.2. The van der Waals surface area contributed by atoms with E-state index >= 15 is 4.39 Å². The molecule has 0 atom stereocenters. The highest BCUT2D eigenvalue weighted by Gasteiger charge is 2.31. The third-order valence-electron chi connectivity index (χ3n) is 7.78. The first kappa shape index (κ1) is 26.7. The number of amides is 1. The van der Waals surface area contributed by atoms with Crippen LogP contribution in [0.2, 0.25) is 5.02 Å². The van der Waals surface area contributed by atoms with E-state index in [1.807, 2.05) is 12.1 Å². The Morgan fingerprint density at radius 2 is 1.78 bits per heavy atom. The lowest BCUT2D eigenvalue weighted by Gasteiger charge is -2.20. The Balaban J connectivity index is 1.64. The first-order valence-electron chi connectivity index (χ1n) is 12.9. The summed E-state index contributed by atoms with van der Waals surface area (Å²) in [6, 6.07) is 16.0. The highest BCUT2D eigenvalue weighted by Crippen LogP contribution is 2.47. The maximum Gasteiger partial charge on any atom is 0.340 e. The molecule has 9 heteroatoms. The molecule has 0 radical (unpaired) electrons. The van der Waals surface area contributed by atoms with Crippen LogP contribution in [-0.4, -0.2) is 20.0 Å². The van der Waals surface area contributed by atoms with Gasteiger partial charge >= 0.3 is 5.69 Å². The molecule has 206 valence electrons. The van der Waals surface area contributed by atoms with E-state index in [4.69, 9.17) is 17.3 Å². The van der Waals surface area contributed by atoms with Gasteiger partial charge in [0, 0.05) is 23.4 Å². The maximum absolute atomic E-state index is 16.0. The molecule has 3 N–H and O–H groups in total. The van der Waals surface area contributed by atoms with Crippen LogP contribution >= 0.6 is 11.6 Å². The molecular weight excluding hydrogens is 545 g/mol. The number of benzene rings is 3. The molecule has 0 fully saturated rings. The maximum atomic E-state index is 16.0. The molecule has 0 saturated carbocycles. The summed E-state index contributed by atoms with van der Waals surface area (Å²) in [5.41, 5.74) is 8.52. The molecule has 1 amide bonds. The fourth-order valence-corrected chi connectivity index (χ4v) is 5.97. The predicted molar refractivity (Wildman–Crippen MR) is 156 cm³/mol. The van der Waals surface area contributed by atoms with Crippen molar-refractivity contribution in [3.63, 3.8) is 0 Å². The molecule has 7 nitrogen and oxygen atoms in total. The van der Waals surface area contributed by atoms with E-state index in [9.17, 15) is 19.5 Å². The van der Waals surface area contributed by atoms with Crippen molar-refractivity contribution in [1.29, 1.82) is 0 Å². The van der Waals surface area contributed by atoms with Crippen LogP contribution in [0.25, 0.3) is 33.5 Å². The molecule has 0 unspecified atom stereocenters. The SMILES string of the molecule is Cc1c(-c2c(F)cc(C(N)=O)c3c2-c2ccc(C(C)(C)O)cc2C3)cccc1-n1c(=O)cc2c(Cl)cccn2c1=O. The van der Waals surface area contributed by atoms with Crippen molar-refractivity contribution in [3.05, 3.63) is 126 Å². The second-order valence-electron chi connectivity index (χ2n) is 10.8. The van der Waals surface area contributed by atoms with Crippen molar-refractivity contribution in [2.45, 2.75) is 32.8 Å². The number of halogens is 2. The van der Waals surface area contributed by atoms with Gasteiger partial charge < -0.3 is 10.8 Å². The van der Waals surface area contributed by atoms with Crippen LogP contribution in [0.1, 0.15) is 46.5 Å². The van der Waals surface area contributed by atoms with Gasteiger partial charge in [-0.05, 0) is 90.4 Å². The van der Waals surface area contributed by atoms with Crippen molar-refractivity contribution >= 4 is 23.0 Å². The Labute approximate surface area is 238 Å². The normalized spacial score (nSPS) is 12.4. The lowest BCUT2D eigenvalue weighted by Crippen LogP contribution is -2.36. The van der Waals surface area contributed by atoms with Crippen molar-refractivity contribution in [2.24, 2.45) is 5.73 Å². The number of rotatable bonds is 4. The van der Waals surface area contributed by atoms with E-state index in [0.717, 1.165) is 16.2 Å². The fourth-order valence-electron chi connectivity index (χ4n) is 5.75. The summed E-state index contributed by atoms with van der Waals surface area (Å²) in [5, 5.41) is 10.8. The van der Waals surface area contributed by atoms with Gasteiger partial charge in [0.1, 0.15) is 5.82 Å². The quantitative estimate of drug-likeness (QED) is 0.307. The average molecular weight is 570 g/mol. The second kappa shape index (κ2) is 9.26. The molecule has 3 aromatic carbocycles. The van der Waals surface area contributed by atoms with Crippen molar-refractivity contribution in [3.8, 4) is 27.9 Å². The zero-order chi connectivity index (χ0) is 29.4. The number of pyridine rings is 1. The molecule has 1 aliphatic rings. The Hall–Kier alpha value is -4.53. The monoisotopic (exact) mass is 569 g/mol. The standard InChI is InChI=1S/C32H25ClFN3O4/c1-16-19(6-4-8-25(16)37-27(38)15-26-23(33)7-5-11-36(26)31(37)40)29-24(34)14-22(30(35)39)21-13-17-12-18(32(2,3)41)9-10-20(17)28(21)29/h4-12,14-15,41H,13H2,1-3H3,(H2,35,39). The predicted octanol–water partition coefficient (Wildman–Crippen LogP) is 5.12. The number of carbonyl (C=O) groups excluding carboxylic acids is 1. The Bertz CT molecular complexity index is 2070. The number of primary amides is 1. The molecule has 2 heterocycles. The summed E-state index contributed by atoms with van der Waals surface area (Å²) in [4.78, 5) is 39.1. The van der Waals surface area contributed by atoms with Crippen LogP contribution < -0.4 is 17.0 Å². The molecule has 6 rings (SSSR count). The molecule has 41 heavy (non-hydrogen) atoms. The zero-order valence-corrected chi connectivity index (χ0v) is 23.2. The van der Waals surface area contributed by atoms with E-state index in [2.05, 4.69) is 0 Å². The summed E-state index contributed by atoms with van der Waals surface area (Å²) < 4.78 is 18.4. The van der Waals surface area contributed by atoms with Crippen LogP contribution in [0, 0.1) is 12.7 Å². The molecule has 0 spiro atoms. The summed E-state index contributed by atoms with van der Waals surface area (Å²) in [6.45, 7) is 5.07. The lowest BCUT2D eigenvalue weighted by atomic mass is 9.88. The summed E-state index contributed by atoms with van der Waals surface area (Å²) in [6.07, 6.45) is 1.84. The van der Waals surface area contributed by atoms with Gasteiger partial charge in [-0.3, -0.25) is 14.0 Å². The van der Waals surface area contributed by atoms with Gasteiger partial charge in [0.15, 0.2) is 0 Å². The van der Waals surface area contributed by atoms with Crippen LogP contribution in [0.15, 0.2) is 76.4 Å². The van der Waals surface area contributed by atoms with Gasteiger partial charge in [-0.2, -0.15) is 0 Å². The average Bonchev–Trinajstić information content (AvgIpc) is 3.28. The fraction of sp³-hybridized carbons (Fsp3) is 0.156. The van der Waals surface area contributed by atoms with Gasteiger partial charge in [0.2, 0.25) is 5.91 Å². The largest absolute Gasteiger partial charge is 0.386 e. The number of nitrogens with zero attached hydrogens (tertiary/aromatic N) is 2. The van der Waals surface area contributed by atoms with Crippen molar-refractivity contribution in [2.75, 3.05) is 0 Å². The van der Waals surface area contributed by atoms with Crippen molar-refractivity contribution in [1.82, 2.24) is 8.97 Å². The third-order valence-corrected chi connectivity index (χ3v) is 8.10. The van der Waals surface area contributed by atoms with Gasteiger partial charge in [-0.25, -0.2) is 13.8 Å². The number of fused-ring (bicyclic) bond motifs is 4. The number of carbonyl (C=O) groups is 1. The molecule has 0 aliphatic heterocycles. The highest BCUT2D eigenvalue weighted by molar-refractivity contribution is 6.33. The number of hydrogen-bond donors (Lipinski definition) is 2. The van der Waals surface area contributed by atoms with E-state index in [-0.39, 0.29) is 27.4 Å². The topological polar surface area (TPSA) is 107 Å². The number of nitrogens with two attached hydrogens (primary N) is 1. The molecular formula is C32H25ClFN3O4. The molecule has 5 aromatic rings. The Morgan fingerprint density at radius 1 is 1.02 bits per heavy atom. The third kappa shape index (κ3) is 4.10. The van der Waals surface area contributed by atoms with E-state index in [0.29, 0.717) is 39.8 Å². The van der Waals surface area contributed by atoms with Gasteiger partial charge in [-0.15, -0.1) is 0 Å². The number of aliphatic hydroxyl groups is 1. The minimum atomic E-state index is -1.10. The first-order chi connectivity index (χ1) is 19.4. The van der Waals surface area contributed by atoms with Crippen LogP contribution in [0.4, 0.5) is 4.39 Å². The smallest absolute Gasteiger partial charge is 0.340 e. The molecule has 2 aromatic heterocycles. The van der Waals surface area contributed by atoms with E-state index < -0.39 is 28.6 Å². The van der Waals surface area contributed by atoms with Gasteiger partial charge in [0.05, 0.1) is 21.8 Å². The number of aromatic nitrogens is 2. The highest BCUT2D eigenvalue weighted by atomic mass is 35.5. The summed E-state index contributed by atoms with van der Waals surface area (Å²) in [5.74, 6) is -1.41. The minimum Gasteiger partial charge on any atom is -0.386 e. The molecule has 0 saturated heterocycles. The summed E-state index contributed by atoms with van der Waals surface area (Å²) >= 11 is 6.22. The molecule has 1 aliphatic carbocycles. The van der Waals surface area contributed by atoms with Crippen molar-refractivity contribution < 1.29 is 14.3 Å². The summed E-state index contributed by atoms with van der Waals surface area (Å²) in [7, 11) is 0. The number of hydrogen-bond acceptors (Lipinski definition) is 4.